The van der Waals surface area contributed by atoms with Crippen LogP contribution in [-0.4, -0.2) is 60.4 Å². The molecule has 1 atom stereocenters. The zero-order valence-electron chi connectivity index (χ0n) is 10.3. The van der Waals surface area contributed by atoms with Gasteiger partial charge in [-0.2, -0.15) is 0 Å². The second kappa shape index (κ2) is 5.79. The number of hydrogen-bond acceptors (Lipinski definition) is 5. The number of carbonyl (C=O) groups excluding carboxylic acids is 1. The Morgan fingerprint density at radius 3 is 3.22 bits per heavy atom. The summed E-state index contributed by atoms with van der Waals surface area (Å²) in [5.41, 5.74) is 0.403. The number of morpholine rings is 1. The van der Waals surface area contributed by atoms with E-state index >= 15 is 0 Å². The Bertz CT molecular complexity index is 425. The third kappa shape index (κ3) is 2.77. The van der Waals surface area contributed by atoms with Gasteiger partial charge in [0.25, 0.3) is 5.91 Å². The molecule has 6 heteroatoms. The average molecular weight is 251 g/mol. The van der Waals surface area contributed by atoms with Gasteiger partial charge in [-0.3, -0.25) is 4.79 Å². The number of pyridine rings is 1. The minimum atomic E-state index is -0.296. The molecule has 0 radical (unpaired) electrons. The van der Waals surface area contributed by atoms with Crippen molar-refractivity contribution in [3.8, 4) is 0 Å². The largest absolute Gasteiger partial charge is 0.394 e. The minimum Gasteiger partial charge on any atom is -0.394 e. The average Bonchev–Trinajstić information content (AvgIpc) is 2.46. The summed E-state index contributed by atoms with van der Waals surface area (Å²) in [5.74, 6) is 0.529. The molecule has 1 aromatic heterocycles. The van der Waals surface area contributed by atoms with Crippen molar-refractivity contribution < 1.29 is 14.6 Å². The minimum absolute atomic E-state index is 0.0756. The van der Waals surface area contributed by atoms with Crippen molar-refractivity contribution in [1.29, 1.82) is 0 Å². The molecule has 2 heterocycles. The van der Waals surface area contributed by atoms with Crippen molar-refractivity contribution in [2.75, 3.05) is 38.7 Å². The third-order valence-corrected chi connectivity index (χ3v) is 2.85. The van der Waals surface area contributed by atoms with Crippen LogP contribution in [-0.2, 0) is 4.74 Å². The second-order valence-electron chi connectivity index (χ2n) is 4.08. The maximum atomic E-state index is 12.2. The predicted molar refractivity (Wildman–Crippen MR) is 66.5 cm³/mol. The molecular formula is C12H17N3O3. The molecule has 1 aromatic rings. The van der Waals surface area contributed by atoms with Gasteiger partial charge in [0, 0.05) is 20.1 Å². The molecule has 0 spiro atoms. The molecular weight excluding hydrogens is 234 g/mol. The van der Waals surface area contributed by atoms with Gasteiger partial charge >= 0.3 is 0 Å². The molecule has 0 aromatic carbocycles. The number of amides is 1. The van der Waals surface area contributed by atoms with Gasteiger partial charge in [0.2, 0.25) is 0 Å². The molecule has 0 saturated carbocycles. The van der Waals surface area contributed by atoms with Gasteiger partial charge in [0.1, 0.15) is 11.5 Å². The van der Waals surface area contributed by atoms with E-state index in [4.69, 9.17) is 9.84 Å². The summed E-state index contributed by atoms with van der Waals surface area (Å²) in [7, 11) is 1.76. The Labute approximate surface area is 106 Å². The fraction of sp³-hybridized carbons (Fsp3) is 0.500. The number of rotatable bonds is 3. The number of anilines is 1. The summed E-state index contributed by atoms with van der Waals surface area (Å²) in [6, 6.07) is 5.27. The molecule has 6 nitrogen and oxygen atoms in total. The van der Waals surface area contributed by atoms with Gasteiger partial charge in [-0.15, -0.1) is 0 Å². The maximum absolute atomic E-state index is 12.2. The summed E-state index contributed by atoms with van der Waals surface area (Å²) in [4.78, 5) is 18.1. The van der Waals surface area contributed by atoms with Gasteiger partial charge in [0.15, 0.2) is 0 Å². The van der Waals surface area contributed by atoms with Crippen molar-refractivity contribution >= 4 is 11.7 Å². The van der Waals surface area contributed by atoms with E-state index in [2.05, 4.69) is 10.3 Å². The number of aromatic nitrogens is 1. The molecule has 1 unspecified atom stereocenters. The van der Waals surface area contributed by atoms with Crippen LogP contribution >= 0.6 is 0 Å². The molecule has 2 rings (SSSR count). The van der Waals surface area contributed by atoms with Crippen LogP contribution in [0.25, 0.3) is 0 Å². The third-order valence-electron chi connectivity index (χ3n) is 2.85. The quantitative estimate of drug-likeness (QED) is 0.788. The molecule has 1 fully saturated rings. The van der Waals surface area contributed by atoms with E-state index in [1.54, 1.807) is 30.1 Å². The van der Waals surface area contributed by atoms with Gasteiger partial charge in [-0.25, -0.2) is 4.98 Å². The monoisotopic (exact) mass is 251 g/mol. The van der Waals surface area contributed by atoms with E-state index in [0.717, 1.165) is 0 Å². The standard InChI is InChI=1S/C12H17N3O3/c1-13-11-4-2-3-10(14-11)12(17)15-5-6-18-9(7-15)8-16/h2-4,9,16H,5-8H2,1H3,(H,13,14). The van der Waals surface area contributed by atoms with Gasteiger partial charge in [-0.05, 0) is 12.1 Å². The van der Waals surface area contributed by atoms with E-state index in [-0.39, 0.29) is 18.6 Å². The lowest BCUT2D eigenvalue weighted by atomic mass is 10.2. The first-order valence-electron chi connectivity index (χ1n) is 5.91. The van der Waals surface area contributed by atoms with E-state index in [1.165, 1.54) is 0 Å². The number of hydrogen-bond donors (Lipinski definition) is 2. The normalized spacial score (nSPS) is 19.7. The highest BCUT2D eigenvalue weighted by Gasteiger charge is 2.25. The van der Waals surface area contributed by atoms with Crippen molar-refractivity contribution in [3.05, 3.63) is 23.9 Å². The molecule has 0 bridgehead atoms. The van der Waals surface area contributed by atoms with E-state index < -0.39 is 0 Å². The highest BCUT2D eigenvalue weighted by Crippen LogP contribution is 2.11. The molecule has 1 aliphatic rings. The SMILES string of the molecule is CNc1cccc(C(=O)N2CCOC(CO)C2)n1. The van der Waals surface area contributed by atoms with Crippen LogP contribution in [0.4, 0.5) is 5.82 Å². The lowest BCUT2D eigenvalue weighted by Gasteiger charge is -2.31. The van der Waals surface area contributed by atoms with E-state index in [9.17, 15) is 4.79 Å². The lowest BCUT2D eigenvalue weighted by molar-refractivity contribution is -0.0448. The Morgan fingerprint density at radius 2 is 2.50 bits per heavy atom. The van der Waals surface area contributed by atoms with E-state index in [1.807, 2.05) is 0 Å². The number of aliphatic hydroxyl groups is 1. The first-order chi connectivity index (χ1) is 8.74. The lowest BCUT2D eigenvalue weighted by Crippen LogP contribution is -2.47. The summed E-state index contributed by atoms with van der Waals surface area (Å²) in [6.45, 7) is 1.30. The van der Waals surface area contributed by atoms with E-state index in [0.29, 0.717) is 31.2 Å². The number of nitrogens with one attached hydrogen (secondary N) is 1. The van der Waals surface area contributed by atoms with Crippen molar-refractivity contribution in [3.63, 3.8) is 0 Å². The summed E-state index contributed by atoms with van der Waals surface area (Å²) < 4.78 is 5.31. The molecule has 1 aliphatic heterocycles. The van der Waals surface area contributed by atoms with Crippen molar-refractivity contribution in [2.24, 2.45) is 0 Å². The zero-order chi connectivity index (χ0) is 13.0. The van der Waals surface area contributed by atoms with Crippen LogP contribution in [0.15, 0.2) is 18.2 Å². The predicted octanol–water partition coefficient (Wildman–Crippen LogP) is -0.0434. The molecule has 98 valence electrons. The summed E-state index contributed by atoms with van der Waals surface area (Å²) >= 11 is 0. The maximum Gasteiger partial charge on any atom is 0.272 e. The second-order valence-corrected chi connectivity index (χ2v) is 4.08. The molecule has 18 heavy (non-hydrogen) atoms. The summed E-state index contributed by atoms with van der Waals surface area (Å²) in [5, 5.41) is 12.0. The van der Waals surface area contributed by atoms with Crippen LogP contribution in [0.2, 0.25) is 0 Å². The number of nitrogens with zero attached hydrogens (tertiary/aromatic N) is 2. The fourth-order valence-electron chi connectivity index (χ4n) is 1.87. The van der Waals surface area contributed by atoms with Crippen molar-refractivity contribution in [2.45, 2.75) is 6.10 Å². The van der Waals surface area contributed by atoms with Gasteiger partial charge in [-0.1, -0.05) is 6.07 Å². The smallest absolute Gasteiger partial charge is 0.272 e. The first kappa shape index (κ1) is 12.8. The van der Waals surface area contributed by atoms with Crippen LogP contribution in [0.1, 0.15) is 10.5 Å². The summed E-state index contributed by atoms with van der Waals surface area (Å²) in [6.07, 6.45) is -0.296. The topological polar surface area (TPSA) is 74.7 Å². The van der Waals surface area contributed by atoms with Crippen LogP contribution in [0.5, 0.6) is 0 Å². The number of aliphatic hydroxyl groups excluding tert-OH is 1. The van der Waals surface area contributed by atoms with Gasteiger partial charge in [0.05, 0.1) is 19.3 Å². The zero-order valence-corrected chi connectivity index (χ0v) is 10.3. The highest BCUT2D eigenvalue weighted by molar-refractivity contribution is 5.92. The highest BCUT2D eigenvalue weighted by atomic mass is 16.5. The Hall–Kier alpha value is -1.66. The molecule has 1 amide bonds. The van der Waals surface area contributed by atoms with Crippen LogP contribution in [0, 0.1) is 0 Å². The Kier molecular flexibility index (Phi) is 4.11. The number of carbonyl (C=O) groups is 1. The van der Waals surface area contributed by atoms with Crippen LogP contribution < -0.4 is 5.32 Å². The molecule has 1 saturated heterocycles. The van der Waals surface area contributed by atoms with Crippen LogP contribution in [0.3, 0.4) is 0 Å². The van der Waals surface area contributed by atoms with Crippen molar-refractivity contribution in [1.82, 2.24) is 9.88 Å². The molecule has 0 aliphatic carbocycles. The van der Waals surface area contributed by atoms with Gasteiger partial charge < -0.3 is 20.1 Å². The number of ether oxygens (including phenoxy) is 1. The Balaban J connectivity index is 2.10. The first-order valence-corrected chi connectivity index (χ1v) is 5.91. The Morgan fingerprint density at radius 1 is 1.67 bits per heavy atom. The molecule has 2 N–H and O–H groups in total. The fourth-order valence-corrected chi connectivity index (χ4v) is 1.87.